The summed E-state index contributed by atoms with van der Waals surface area (Å²) in [6.07, 6.45) is 0.849. The van der Waals surface area contributed by atoms with Crippen molar-refractivity contribution in [3.63, 3.8) is 0 Å². The fraction of sp³-hybridized carbons (Fsp3) is 0.333. The van der Waals surface area contributed by atoms with E-state index in [1.165, 1.54) is 0 Å². The van der Waals surface area contributed by atoms with Gasteiger partial charge in [0, 0.05) is 37.0 Å². The molecular weight excluding hydrogens is 364 g/mol. The highest BCUT2D eigenvalue weighted by molar-refractivity contribution is 6.30. The molecule has 2 aromatic rings. The Morgan fingerprint density at radius 2 is 1.81 bits per heavy atom. The summed E-state index contributed by atoms with van der Waals surface area (Å²) >= 11 is 6.00. The third kappa shape index (κ3) is 5.47. The van der Waals surface area contributed by atoms with E-state index < -0.39 is 0 Å². The number of carbonyl (C=O) groups excluding carboxylic acids is 2. The lowest BCUT2D eigenvalue weighted by atomic mass is 9.88. The van der Waals surface area contributed by atoms with Gasteiger partial charge in [0.05, 0.1) is 6.61 Å². The summed E-state index contributed by atoms with van der Waals surface area (Å²) in [5.41, 5.74) is 2.12. The summed E-state index contributed by atoms with van der Waals surface area (Å²) in [4.78, 5) is 25.8. The summed E-state index contributed by atoms with van der Waals surface area (Å²) < 4.78 is 5.00. The lowest BCUT2D eigenvalue weighted by molar-refractivity contribution is -0.121. The van der Waals surface area contributed by atoms with Crippen molar-refractivity contribution >= 4 is 23.6 Å². The monoisotopic (exact) mass is 386 g/mol. The van der Waals surface area contributed by atoms with E-state index in [1.54, 1.807) is 4.90 Å². The molecule has 1 aliphatic heterocycles. The van der Waals surface area contributed by atoms with Crippen molar-refractivity contribution in [3.05, 3.63) is 70.7 Å². The number of halogens is 1. The number of benzene rings is 2. The number of nitrogens with zero attached hydrogens (tertiary/aromatic N) is 1. The first kappa shape index (κ1) is 19.2. The van der Waals surface area contributed by atoms with Gasteiger partial charge in [-0.2, -0.15) is 0 Å². The molecule has 0 aromatic heterocycles. The average molecular weight is 387 g/mol. The number of hydrogen-bond acceptors (Lipinski definition) is 3. The van der Waals surface area contributed by atoms with Crippen LogP contribution in [0.3, 0.4) is 0 Å². The van der Waals surface area contributed by atoms with Gasteiger partial charge in [0.2, 0.25) is 5.91 Å². The highest BCUT2D eigenvalue weighted by Crippen LogP contribution is 2.28. The zero-order chi connectivity index (χ0) is 19.1. The van der Waals surface area contributed by atoms with Crippen LogP contribution in [-0.2, 0) is 9.53 Å². The maximum atomic E-state index is 12.5. The maximum absolute atomic E-state index is 12.5. The molecule has 3 rings (SSSR count). The molecule has 6 heteroatoms. The largest absolute Gasteiger partial charge is 0.449 e. The molecule has 5 nitrogen and oxygen atoms in total. The fourth-order valence-electron chi connectivity index (χ4n) is 3.20. The second-order valence-corrected chi connectivity index (χ2v) is 6.96. The van der Waals surface area contributed by atoms with E-state index in [0.29, 0.717) is 37.7 Å². The molecule has 0 spiro atoms. The van der Waals surface area contributed by atoms with Gasteiger partial charge < -0.3 is 15.0 Å². The summed E-state index contributed by atoms with van der Waals surface area (Å²) in [6.45, 7) is 2.02. The Morgan fingerprint density at radius 3 is 2.52 bits per heavy atom. The number of hydrogen-bond donors (Lipinski definition) is 1. The van der Waals surface area contributed by atoms with Crippen LogP contribution >= 0.6 is 11.6 Å². The fourth-order valence-corrected chi connectivity index (χ4v) is 3.32. The van der Waals surface area contributed by atoms with E-state index in [0.717, 1.165) is 17.5 Å². The molecule has 0 radical (unpaired) electrons. The Hall–Kier alpha value is -2.53. The number of cyclic esters (lactones) is 1. The minimum absolute atomic E-state index is 0.0517. The Kier molecular flexibility index (Phi) is 6.71. The number of amides is 2. The summed E-state index contributed by atoms with van der Waals surface area (Å²) in [5.74, 6) is -0.104. The van der Waals surface area contributed by atoms with Gasteiger partial charge in [0.1, 0.15) is 0 Å². The van der Waals surface area contributed by atoms with Crippen molar-refractivity contribution in [2.75, 3.05) is 26.2 Å². The third-order valence-corrected chi connectivity index (χ3v) is 4.88. The second kappa shape index (κ2) is 9.42. The average Bonchev–Trinajstić information content (AvgIpc) is 2.69. The number of carbonyl (C=O) groups is 2. The van der Waals surface area contributed by atoms with Gasteiger partial charge in [-0.05, 0) is 29.7 Å². The molecule has 1 aliphatic rings. The van der Waals surface area contributed by atoms with Crippen LogP contribution in [0.15, 0.2) is 54.6 Å². The van der Waals surface area contributed by atoms with Gasteiger partial charge in [-0.15, -0.1) is 0 Å². The first-order chi connectivity index (χ1) is 13.1. The Labute approximate surface area is 164 Å². The van der Waals surface area contributed by atoms with Crippen molar-refractivity contribution < 1.29 is 14.3 Å². The van der Waals surface area contributed by atoms with Crippen molar-refractivity contribution in [1.82, 2.24) is 10.2 Å². The van der Waals surface area contributed by atoms with Crippen LogP contribution in [0.4, 0.5) is 4.79 Å². The van der Waals surface area contributed by atoms with E-state index in [-0.39, 0.29) is 17.9 Å². The SMILES string of the molecule is O=C(C[C@H](c1ccccc1)c1ccc(Cl)cc1)NCCN1CCCOC1=O. The molecule has 0 bridgehead atoms. The maximum Gasteiger partial charge on any atom is 0.409 e. The molecule has 0 saturated carbocycles. The molecule has 1 heterocycles. The molecule has 2 amide bonds. The van der Waals surface area contributed by atoms with Crippen molar-refractivity contribution in [2.24, 2.45) is 0 Å². The molecule has 142 valence electrons. The van der Waals surface area contributed by atoms with E-state index in [4.69, 9.17) is 16.3 Å². The van der Waals surface area contributed by atoms with Gasteiger partial charge in [-0.1, -0.05) is 54.1 Å². The standard InChI is InChI=1S/C21H23ClN2O3/c22-18-9-7-17(8-10-18)19(16-5-2-1-3-6-16)15-20(25)23-11-13-24-12-4-14-27-21(24)26/h1-3,5-10,19H,4,11-15H2,(H,23,25)/t19-/m1/s1. The molecule has 1 saturated heterocycles. The van der Waals surface area contributed by atoms with Crippen LogP contribution in [0.25, 0.3) is 0 Å². The van der Waals surface area contributed by atoms with Crippen LogP contribution in [0.2, 0.25) is 5.02 Å². The van der Waals surface area contributed by atoms with E-state index >= 15 is 0 Å². The number of ether oxygens (including phenoxy) is 1. The smallest absolute Gasteiger partial charge is 0.409 e. The van der Waals surface area contributed by atoms with Gasteiger partial charge in [-0.25, -0.2) is 4.79 Å². The zero-order valence-electron chi connectivity index (χ0n) is 15.1. The first-order valence-electron chi connectivity index (χ1n) is 9.12. The van der Waals surface area contributed by atoms with Crippen LogP contribution in [-0.4, -0.2) is 43.1 Å². The molecule has 0 aliphatic carbocycles. The normalized spacial score (nSPS) is 15.1. The number of rotatable bonds is 7. The number of nitrogens with one attached hydrogen (secondary N) is 1. The van der Waals surface area contributed by atoms with Crippen LogP contribution in [0.1, 0.15) is 29.9 Å². The molecule has 0 unspecified atom stereocenters. The van der Waals surface area contributed by atoms with Gasteiger partial charge >= 0.3 is 6.09 Å². The molecular formula is C21H23ClN2O3. The predicted molar refractivity (Wildman–Crippen MR) is 105 cm³/mol. The van der Waals surface area contributed by atoms with Crippen LogP contribution < -0.4 is 5.32 Å². The first-order valence-corrected chi connectivity index (χ1v) is 9.50. The highest BCUT2D eigenvalue weighted by atomic mass is 35.5. The van der Waals surface area contributed by atoms with Crippen molar-refractivity contribution in [1.29, 1.82) is 0 Å². The third-order valence-electron chi connectivity index (χ3n) is 4.62. The Bertz CT molecular complexity index is 765. The van der Waals surface area contributed by atoms with E-state index in [1.807, 2.05) is 54.6 Å². The molecule has 2 aromatic carbocycles. The van der Waals surface area contributed by atoms with Crippen molar-refractivity contribution in [2.45, 2.75) is 18.8 Å². The summed E-state index contributed by atoms with van der Waals surface area (Å²) in [5, 5.41) is 3.59. The Morgan fingerprint density at radius 1 is 1.11 bits per heavy atom. The lowest BCUT2D eigenvalue weighted by Gasteiger charge is -2.26. The predicted octanol–water partition coefficient (Wildman–Crippen LogP) is 3.82. The Balaban J connectivity index is 1.60. The second-order valence-electron chi connectivity index (χ2n) is 6.52. The van der Waals surface area contributed by atoms with Gasteiger partial charge in [0.25, 0.3) is 0 Å². The zero-order valence-corrected chi connectivity index (χ0v) is 15.8. The summed E-state index contributed by atoms with van der Waals surface area (Å²) in [6, 6.07) is 17.5. The molecule has 27 heavy (non-hydrogen) atoms. The van der Waals surface area contributed by atoms with Crippen LogP contribution in [0.5, 0.6) is 0 Å². The van der Waals surface area contributed by atoms with Gasteiger partial charge in [-0.3, -0.25) is 4.79 Å². The quantitative estimate of drug-likeness (QED) is 0.786. The van der Waals surface area contributed by atoms with Gasteiger partial charge in [0.15, 0.2) is 0 Å². The van der Waals surface area contributed by atoms with E-state index in [9.17, 15) is 9.59 Å². The molecule has 1 atom stereocenters. The highest BCUT2D eigenvalue weighted by Gasteiger charge is 2.21. The molecule has 1 N–H and O–H groups in total. The minimum atomic E-state index is -0.307. The molecule has 1 fully saturated rings. The lowest BCUT2D eigenvalue weighted by Crippen LogP contribution is -2.42. The summed E-state index contributed by atoms with van der Waals surface area (Å²) in [7, 11) is 0. The van der Waals surface area contributed by atoms with Crippen molar-refractivity contribution in [3.8, 4) is 0 Å². The minimum Gasteiger partial charge on any atom is -0.449 e. The topological polar surface area (TPSA) is 58.6 Å². The van der Waals surface area contributed by atoms with E-state index in [2.05, 4.69) is 5.32 Å². The van der Waals surface area contributed by atoms with Crippen LogP contribution in [0, 0.1) is 0 Å².